The first-order valence-corrected chi connectivity index (χ1v) is 8.76. The third kappa shape index (κ3) is 5.61. The van der Waals surface area contributed by atoms with E-state index in [1.807, 2.05) is 0 Å². The molecule has 0 fully saturated rings. The number of hydrogen-bond donors (Lipinski definition) is 1. The summed E-state index contributed by atoms with van der Waals surface area (Å²) in [5.41, 5.74) is 5.72. The van der Waals surface area contributed by atoms with Crippen LogP contribution in [0.4, 0.5) is 11.4 Å². The molecule has 0 spiro atoms. The Bertz CT molecular complexity index is 646. The number of aliphatic carboxylic acids is 1. The summed E-state index contributed by atoms with van der Waals surface area (Å²) in [6.07, 6.45) is 3.45. The number of para-hydroxylation sites is 2. The minimum absolute atomic E-state index is 0.833. The highest BCUT2D eigenvalue weighted by Crippen LogP contribution is 2.35. The molecule has 0 saturated carbocycles. The Balaban J connectivity index is 0.000000511. The van der Waals surface area contributed by atoms with Crippen molar-refractivity contribution in [2.24, 2.45) is 0 Å². The molecule has 0 atom stereocenters. The van der Waals surface area contributed by atoms with Crippen LogP contribution in [0.25, 0.3) is 0 Å². The van der Waals surface area contributed by atoms with Crippen molar-refractivity contribution in [3.63, 3.8) is 0 Å². The molecule has 4 nitrogen and oxygen atoms in total. The molecule has 0 aliphatic carbocycles. The molecular formula is C21H28N2O2. The Hall–Kier alpha value is -2.33. The van der Waals surface area contributed by atoms with Gasteiger partial charge in [0.1, 0.15) is 0 Å². The molecule has 4 heteroatoms. The van der Waals surface area contributed by atoms with Gasteiger partial charge in [-0.15, -0.1) is 0 Å². The van der Waals surface area contributed by atoms with E-state index in [1.165, 1.54) is 28.9 Å². The predicted octanol–water partition coefficient (Wildman–Crippen LogP) is 3.97. The average Bonchev–Trinajstić information content (AvgIpc) is 2.72. The van der Waals surface area contributed by atoms with Crippen molar-refractivity contribution in [1.82, 2.24) is 4.90 Å². The minimum Gasteiger partial charge on any atom is -0.481 e. The SMILES string of the molecule is CC(=O)O.CN(C)CCCN1c2ccccc2CCc2ccccc21. The number of rotatable bonds is 4. The van der Waals surface area contributed by atoms with Crippen molar-refractivity contribution < 1.29 is 9.90 Å². The fourth-order valence-corrected chi connectivity index (χ4v) is 3.16. The third-order valence-corrected chi connectivity index (χ3v) is 4.22. The molecule has 0 saturated heterocycles. The second kappa shape index (κ2) is 9.23. The van der Waals surface area contributed by atoms with Crippen molar-refractivity contribution in [1.29, 1.82) is 0 Å². The van der Waals surface area contributed by atoms with Gasteiger partial charge >= 0.3 is 0 Å². The minimum atomic E-state index is -0.833. The quantitative estimate of drug-likeness (QED) is 0.915. The summed E-state index contributed by atoms with van der Waals surface area (Å²) < 4.78 is 0. The van der Waals surface area contributed by atoms with Crippen molar-refractivity contribution in [2.45, 2.75) is 26.2 Å². The maximum Gasteiger partial charge on any atom is 0.300 e. The summed E-state index contributed by atoms with van der Waals surface area (Å²) in [5.74, 6) is -0.833. The normalized spacial score (nSPS) is 12.6. The van der Waals surface area contributed by atoms with Gasteiger partial charge in [0.15, 0.2) is 0 Å². The molecule has 3 rings (SSSR count). The summed E-state index contributed by atoms with van der Waals surface area (Å²) in [6.45, 7) is 3.28. The molecule has 25 heavy (non-hydrogen) atoms. The van der Waals surface area contributed by atoms with Crippen molar-refractivity contribution in [2.75, 3.05) is 32.1 Å². The van der Waals surface area contributed by atoms with Gasteiger partial charge < -0.3 is 14.9 Å². The Labute approximate surface area is 150 Å². The lowest BCUT2D eigenvalue weighted by atomic mass is 10.0. The number of nitrogens with zero attached hydrogens (tertiary/aromatic N) is 2. The van der Waals surface area contributed by atoms with Crippen LogP contribution in [0, 0.1) is 0 Å². The Morgan fingerprint density at radius 1 is 1.00 bits per heavy atom. The average molecular weight is 340 g/mol. The zero-order valence-corrected chi connectivity index (χ0v) is 15.4. The topological polar surface area (TPSA) is 43.8 Å². The van der Waals surface area contributed by atoms with Crippen LogP contribution in [0.5, 0.6) is 0 Å². The van der Waals surface area contributed by atoms with E-state index in [9.17, 15) is 0 Å². The van der Waals surface area contributed by atoms with Crippen LogP contribution in [0.1, 0.15) is 24.5 Å². The highest BCUT2D eigenvalue weighted by atomic mass is 16.4. The number of benzene rings is 2. The second-order valence-electron chi connectivity index (χ2n) is 6.58. The first-order chi connectivity index (χ1) is 12.0. The van der Waals surface area contributed by atoms with E-state index in [-0.39, 0.29) is 0 Å². The number of hydrogen-bond acceptors (Lipinski definition) is 3. The van der Waals surface area contributed by atoms with E-state index in [0.29, 0.717) is 0 Å². The van der Waals surface area contributed by atoms with E-state index in [0.717, 1.165) is 32.9 Å². The van der Waals surface area contributed by atoms with Crippen LogP contribution in [-0.2, 0) is 17.6 Å². The van der Waals surface area contributed by atoms with Crippen molar-refractivity contribution in [3.05, 3.63) is 59.7 Å². The Morgan fingerprint density at radius 2 is 1.44 bits per heavy atom. The smallest absolute Gasteiger partial charge is 0.300 e. The lowest BCUT2D eigenvalue weighted by Crippen LogP contribution is -2.23. The van der Waals surface area contributed by atoms with Gasteiger partial charge in [-0.2, -0.15) is 0 Å². The lowest BCUT2D eigenvalue weighted by molar-refractivity contribution is -0.134. The van der Waals surface area contributed by atoms with Crippen LogP contribution in [-0.4, -0.2) is 43.2 Å². The van der Waals surface area contributed by atoms with Gasteiger partial charge in [-0.05, 0) is 63.2 Å². The van der Waals surface area contributed by atoms with Gasteiger partial charge in [0.25, 0.3) is 5.97 Å². The van der Waals surface area contributed by atoms with Crippen LogP contribution >= 0.6 is 0 Å². The summed E-state index contributed by atoms with van der Waals surface area (Å²) in [7, 11) is 4.29. The maximum absolute atomic E-state index is 9.00. The van der Waals surface area contributed by atoms with Gasteiger partial charge in [-0.25, -0.2) is 0 Å². The van der Waals surface area contributed by atoms with Crippen molar-refractivity contribution in [3.8, 4) is 0 Å². The van der Waals surface area contributed by atoms with Gasteiger partial charge in [0.05, 0.1) is 0 Å². The summed E-state index contributed by atoms with van der Waals surface area (Å²) in [6, 6.07) is 17.7. The van der Waals surface area contributed by atoms with Crippen molar-refractivity contribution >= 4 is 17.3 Å². The highest BCUT2D eigenvalue weighted by Gasteiger charge is 2.19. The second-order valence-corrected chi connectivity index (χ2v) is 6.58. The zero-order chi connectivity index (χ0) is 18.2. The number of carbonyl (C=O) groups is 1. The third-order valence-electron chi connectivity index (χ3n) is 4.22. The van der Waals surface area contributed by atoms with E-state index in [1.54, 1.807) is 0 Å². The van der Waals surface area contributed by atoms with Gasteiger partial charge in [-0.1, -0.05) is 36.4 Å². The predicted molar refractivity (Wildman–Crippen MR) is 104 cm³/mol. The summed E-state index contributed by atoms with van der Waals surface area (Å²) in [4.78, 5) is 13.8. The van der Waals surface area contributed by atoms with E-state index >= 15 is 0 Å². The van der Waals surface area contributed by atoms with Crippen LogP contribution < -0.4 is 4.90 Å². The van der Waals surface area contributed by atoms with Crippen LogP contribution in [0.3, 0.4) is 0 Å². The van der Waals surface area contributed by atoms with E-state index < -0.39 is 5.97 Å². The summed E-state index contributed by atoms with van der Waals surface area (Å²) in [5, 5.41) is 7.42. The lowest BCUT2D eigenvalue weighted by Gasteiger charge is -2.27. The molecule has 2 aromatic rings. The number of carboxylic acid groups (broad SMARTS) is 1. The molecule has 0 amide bonds. The van der Waals surface area contributed by atoms with E-state index in [2.05, 4.69) is 72.4 Å². The number of fused-ring (bicyclic) bond motifs is 2. The first-order valence-electron chi connectivity index (χ1n) is 8.76. The molecular weight excluding hydrogens is 312 g/mol. The van der Waals surface area contributed by atoms with Gasteiger partial charge in [0.2, 0.25) is 0 Å². The number of aryl methyl sites for hydroxylation is 2. The zero-order valence-electron chi connectivity index (χ0n) is 15.4. The monoisotopic (exact) mass is 340 g/mol. The molecule has 0 unspecified atom stereocenters. The maximum atomic E-state index is 9.00. The van der Waals surface area contributed by atoms with Crippen LogP contribution in [0.15, 0.2) is 48.5 Å². The molecule has 1 aliphatic heterocycles. The molecule has 1 aliphatic rings. The fourth-order valence-electron chi connectivity index (χ4n) is 3.16. The first kappa shape index (κ1) is 19.0. The molecule has 134 valence electrons. The van der Waals surface area contributed by atoms with E-state index in [4.69, 9.17) is 9.90 Å². The molecule has 0 radical (unpaired) electrons. The number of carboxylic acids is 1. The Morgan fingerprint density at radius 3 is 1.88 bits per heavy atom. The Kier molecular flexibility index (Phi) is 7.02. The van der Waals surface area contributed by atoms with Gasteiger partial charge in [-0.3, -0.25) is 4.79 Å². The van der Waals surface area contributed by atoms with Crippen LogP contribution in [0.2, 0.25) is 0 Å². The fraction of sp³-hybridized carbons (Fsp3) is 0.381. The highest BCUT2D eigenvalue weighted by molar-refractivity contribution is 5.71. The van der Waals surface area contributed by atoms with Gasteiger partial charge in [0, 0.05) is 24.8 Å². The molecule has 1 N–H and O–H groups in total. The molecule has 0 bridgehead atoms. The molecule has 0 aromatic heterocycles. The molecule has 1 heterocycles. The standard InChI is InChI=1S/C19H24N2.C2H4O2/c1-20(2)14-7-15-21-18-10-5-3-8-16(18)12-13-17-9-4-6-11-19(17)21;1-2(3)4/h3-6,8-11H,7,12-15H2,1-2H3;1H3,(H,3,4). The largest absolute Gasteiger partial charge is 0.481 e. The number of anilines is 2. The molecule has 2 aromatic carbocycles. The summed E-state index contributed by atoms with van der Waals surface area (Å²) >= 11 is 0.